The van der Waals surface area contributed by atoms with Crippen molar-refractivity contribution < 1.29 is 27.9 Å². The number of hydrogen-bond acceptors (Lipinski definition) is 3. The molecular formula is C16H19F3N2O3. The highest BCUT2D eigenvalue weighted by Gasteiger charge is 2.50. The van der Waals surface area contributed by atoms with Gasteiger partial charge in [0.15, 0.2) is 0 Å². The quantitative estimate of drug-likeness (QED) is 0.827. The van der Waals surface area contributed by atoms with Gasteiger partial charge in [-0.05, 0) is 50.6 Å². The average Bonchev–Trinajstić information content (AvgIpc) is 2.52. The van der Waals surface area contributed by atoms with Crippen molar-refractivity contribution in [1.29, 1.82) is 0 Å². The van der Waals surface area contributed by atoms with Crippen molar-refractivity contribution in [3.63, 3.8) is 0 Å². The van der Waals surface area contributed by atoms with Crippen LogP contribution < -0.4 is 10.2 Å². The Kier molecular flexibility index (Phi) is 4.89. The summed E-state index contributed by atoms with van der Waals surface area (Å²) in [6.45, 7) is 2.18. The lowest BCUT2D eigenvalue weighted by Gasteiger charge is -2.38. The highest BCUT2D eigenvalue weighted by Crippen LogP contribution is 2.36. The van der Waals surface area contributed by atoms with Gasteiger partial charge in [0.05, 0.1) is 5.56 Å². The number of nitrogens with zero attached hydrogens (tertiary/aromatic N) is 1. The van der Waals surface area contributed by atoms with Crippen LogP contribution in [0.15, 0.2) is 24.3 Å². The maximum atomic E-state index is 12.8. The molecular weight excluding hydrogens is 325 g/mol. The Morgan fingerprint density at radius 3 is 2.33 bits per heavy atom. The zero-order valence-corrected chi connectivity index (χ0v) is 13.4. The molecule has 2 unspecified atom stereocenters. The molecule has 0 aliphatic carbocycles. The SMILES string of the molecule is CC1CC(C(=O)O)(C(=O)N(C)c2ccc(C(F)(F)F)cc2)CCN1. The van der Waals surface area contributed by atoms with Gasteiger partial charge in [-0.3, -0.25) is 9.59 Å². The van der Waals surface area contributed by atoms with Crippen LogP contribution in [0.25, 0.3) is 0 Å². The first-order valence-electron chi connectivity index (χ1n) is 7.50. The standard InChI is InChI=1S/C16H19F3N2O3/c1-10-9-15(14(23)24,7-8-20-10)13(22)21(2)12-5-3-11(4-6-12)16(17,18)19/h3-6,10,20H,7-9H2,1-2H3,(H,23,24). The summed E-state index contributed by atoms with van der Waals surface area (Å²) in [5, 5.41) is 12.7. The van der Waals surface area contributed by atoms with Crippen molar-refractivity contribution in [3.8, 4) is 0 Å². The molecule has 0 aromatic heterocycles. The van der Waals surface area contributed by atoms with E-state index in [1.54, 1.807) is 6.92 Å². The summed E-state index contributed by atoms with van der Waals surface area (Å²) in [6.07, 6.45) is -4.20. The van der Waals surface area contributed by atoms with Gasteiger partial charge in [-0.2, -0.15) is 13.2 Å². The maximum absolute atomic E-state index is 12.8. The van der Waals surface area contributed by atoms with Crippen molar-refractivity contribution in [2.24, 2.45) is 5.41 Å². The van der Waals surface area contributed by atoms with Gasteiger partial charge in [-0.25, -0.2) is 0 Å². The van der Waals surface area contributed by atoms with Gasteiger partial charge in [-0.1, -0.05) is 0 Å². The fourth-order valence-corrected chi connectivity index (χ4v) is 3.02. The minimum atomic E-state index is -4.46. The zero-order valence-electron chi connectivity index (χ0n) is 13.4. The Morgan fingerprint density at radius 2 is 1.88 bits per heavy atom. The maximum Gasteiger partial charge on any atom is 0.416 e. The minimum Gasteiger partial charge on any atom is -0.480 e. The number of carbonyl (C=O) groups excluding carboxylic acids is 1. The van der Waals surface area contributed by atoms with Gasteiger partial charge in [0.1, 0.15) is 5.41 Å². The number of alkyl halides is 3. The monoisotopic (exact) mass is 344 g/mol. The molecule has 0 radical (unpaired) electrons. The van der Waals surface area contributed by atoms with Gasteiger partial charge < -0.3 is 15.3 Å². The number of anilines is 1. The number of benzene rings is 1. The smallest absolute Gasteiger partial charge is 0.416 e. The Balaban J connectivity index is 2.28. The fourth-order valence-electron chi connectivity index (χ4n) is 3.02. The third kappa shape index (κ3) is 3.38. The number of hydrogen-bond donors (Lipinski definition) is 2. The average molecular weight is 344 g/mol. The number of halogens is 3. The molecule has 5 nitrogen and oxygen atoms in total. The van der Waals surface area contributed by atoms with Crippen molar-refractivity contribution in [2.45, 2.75) is 32.0 Å². The van der Waals surface area contributed by atoms with Crippen molar-refractivity contribution in [2.75, 3.05) is 18.5 Å². The van der Waals surface area contributed by atoms with E-state index in [1.807, 2.05) is 0 Å². The van der Waals surface area contributed by atoms with E-state index in [1.165, 1.54) is 19.2 Å². The molecule has 0 spiro atoms. The van der Waals surface area contributed by atoms with E-state index in [9.17, 15) is 27.9 Å². The molecule has 1 aliphatic rings. The van der Waals surface area contributed by atoms with Crippen LogP contribution in [0.2, 0.25) is 0 Å². The molecule has 2 N–H and O–H groups in total. The first kappa shape index (κ1) is 18.3. The zero-order chi connectivity index (χ0) is 18.1. The Hall–Kier alpha value is -2.09. The van der Waals surface area contributed by atoms with E-state index in [2.05, 4.69) is 5.32 Å². The second kappa shape index (κ2) is 6.43. The summed E-state index contributed by atoms with van der Waals surface area (Å²) in [6, 6.07) is 3.94. The molecule has 1 aliphatic heterocycles. The first-order chi connectivity index (χ1) is 11.1. The summed E-state index contributed by atoms with van der Waals surface area (Å²) >= 11 is 0. The van der Waals surface area contributed by atoms with Crippen molar-refractivity contribution in [3.05, 3.63) is 29.8 Å². The van der Waals surface area contributed by atoms with Gasteiger partial charge >= 0.3 is 12.1 Å². The molecule has 2 atom stereocenters. The van der Waals surface area contributed by atoms with Crippen LogP contribution in [0, 0.1) is 5.41 Å². The molecule has 1 aromatic carbocycles. The van der Waals surface area contributed by atoms with Crippen molar-refractivity contribution >= 4 is 17.6 Å². The van der Waals surface area contributed by atoms with E-state index in [-0.39, 0.29) is 24.6 Å². The third-order valence-electron chi connectivity index (χ3n) is 4.40. The van der Waals surface area contributed by atoms with Gasteiger partial charge in [0, 0.05) is 18.8 Å². The molecule has 2 rings (SSSR count). The Morgan fingerprint density at radius 1 is 1.29 bits per heavy atom. The number of aliphatic carboxylic acids is 1. The summed E-state index contributed by atoms with van der Waals surface area (Å²) in [5.74, 6) is -1.83. The van der Waals surface area contributed by atoms with Crippen LogP contribution in [0.5, 0.6) is 0 Å². The molecule has 1 fully saturated rings. The summed E-state index contributed by atoms with van der Waals surface area (Å²) in [7, 11) is 1.38. The van der Waals surface area contributed by atoms with Crippen LogP contribution in [-0.2, 0) is 15.8 Å². The lowest BCUT2D eigenvalue weighted by Crippen LogP contribution is -2.55. The van der Waals surface area contributed by atoms with Crippen LogP contribution in [-0.4, -0.2) is 36.6 Å². The number of carbonyl (C=O) groups is 2. The number of piperidine rings is 1. The lowest BCUT2D eigenvalue weighted by molar-refractivity contribution is -0.157. The third-order valence-corrected chi connectivity index (χ3v) is 4.40. The highest BCUT2D eigenvalue weighted by atomic mass is 19.4. The summed E-state index contributed by atoms with van der Waals surface area (Å²) in [4.78, 5) is 25.7. The molecule has 132 valence electrons. The normalized spacial score (nSPS) is 24.5. The molecule has 0 saturated carbocycles. The summed E-state index contributed by atoms with van der Waals surface area (Å²) < 4.78 is 37.8. The van der Waals surface area contributed by atoms with E-state index in [0.29, 0.717) is 6.54 Å². The van der Waals surface area contributed by atoms with E-state index < -0.39 is 29.0 Å². The van der Waals surface area contributed by atoms with Crippen LogP contribution in [0.4, 0.5) is 18.9 Å². The number of amides is 1. The number of rotatable bonds is 3. The summed E-state index contributed by atoms with van der Waals surface area (Å²) in [5.41, 5.74) is -2.17. The number of nitrogens with one attached hydrogen (secondary N) is 1. The Labute approximate surface area is 137 Å². The highest BCUT2D eigenvalue weighted by molar-refractivity contribution is 6.09. The predicted molar refractivity (Wildman–Crippen MR) is 81.6 cm³/mol. The molecule has 8 heteroatoms. The first-order valence-corrected chi connectivity index (χ1v) is 7.50. The van der Waals surface area contributed by atoms with Crippen LogP contribution in [0.1, 0.15) is 25.3 Å². The molecule has 0 bridgehead atoms. The van der Waals surface area contributed by atoms with E-state index in [0.717, 1.165) is 17.0 Å². The second-order valence-electron chi connectivity index (χ2n) is 6.11. The minimum absolute atomic E-state index is 0.131. The molecule has 1 saturated heterocycles. The fraction of sp³-hybridized carbons (Fsp3) is 0.500. The number of carboxylic acid groups (broad SMARTS) is 1. The largest absolute Gasteiger partial charge is 0.480 e. The molecule has 1 heterocycles. The Bertz CT molecular complexity index is 630. The van der Waals surface area contributed by atoms with Crippen molar-refractivity contribution in [1.82, 2.24) is 5.32 Å². The second-order valence-corrected chi connectivity index (χ2v) is 6.11. The van der Waals surface area contributed by atoms with E-state index in [4.69, 9.17) is 0 Å². The van der Waals surface area contributed by atoms with Crippen LogP contribution >= 0.6 is 0 Å². The number of carboxylic acids is 1. The van der Waals surface area contributed by atoms with E-state index >= 15 is 0 Å². The predicted octanol–water partition coefficient (Wildman–Crippen LogP) is 2.51. The van der Waals surface area contributed by atoms with Crippen LogP contribution in [0.3, 0.4) is 0 Å². The molecule has 1 amide bonds. The molecule has 24 heavy (non-hydrogen) atoms. The van der Waals surface area contributed by atoms with Gasteiger partial charge in [0.2, 0.25) is 5.91 Å². The molecule has 1 aromatic rings. The van der Waals surface area contributed by atoms with Gasteiger partial charge in [-0.15, -0.1) is 0 Å². The topological polar surface area (TPSA) is 69.6 Å². The lowest BCUT2D eigenvalue weighted by atomic mass is 9.75. The van der Waals surface area contributed by atoms with Gasteiger partial charge in [0.25, 0.3) is 0 Å².